The molecule has 1 aromatic rings. The van der Waals surface area contributed by atoms with Crippen molar-refractivity contribution in [1.29, 1.82) is 0 Å². The van der Waals surface area contributed by atoms with E-state index in [-0.39, 0.29) is 71.3 Å². The van der Waals surface area contributed by atoms with Gasteiger partial charge in [0.05, 0.1) is 19.2 Å². The monoisotopic (exact) mass is 576 g/mol. The van der Waals surface area contributed by atoms with Crippen molar-refractivity contribution >= 4 is 53.4 Å². The lowest BCUT2D eigenvalue weighted by molar-refractivity contribution is -0.144. The molecule has 0 N–H and O–H groups in total. The molecule has 2 atom stereocenters. The summed E-state index contributed by atoms with van der Waals surface area (Å²) in [6.45, 7) is 9.53. The molecule has 1 heterocycles. The Hall–Kier alpha value is -1.45. The number of esters is 1. The molecule has 1 saturated carbocycles. The average Bonchev–Trinajstić information content (AvgIpc) is 3.64. The number of carbonyl (C=O) groups excluding carboxylic acids is 3. The van der Waals surface area contributed by atoms with Crippen molar-refractivity contribution in [2.75, 3.05) is 32.8 Å². The third-order valence-corrected chi connectivity index (χ3v) is 7.71. The van der Waals surface area contributed by atoms with E-state index in [4.69, 9.17) is 4.74 Å². The number of Topliss-reactive ketones (excluding diaryl/α,β-unsaturated/α-hetero) is 1. The minimum atomic E-state index is -0.629. The molecule has 208 valence electrons. The molecule has 6 nitrogen and oxygen atoms in total. The fourth-order valence-electron chi connectivity index (χ4n) is 4.52. The number of halogens is 3. The van der Waals surface area contributed by atoms with Crippen LogP contribution in [0.2, 0.25) is 0 Å². The van der Waals surface area contributed by atoms with Crippen LogP contribution < -0.4 is 0 Å². The minimum Gasteiger partial charge on any atom is -0.465 e. The Morgan fingerprint density at radius 1 is 1.19 bits per heavy atom. The highest BCUT2D eigenvalue weighted by Crippen LogP contribution is 2.40. The van der Waals surface area contributed by atoms with Gasteiger partial charge in [-0.25, -0.2) is 4.39 Å². The van der Waals surface area contributed by atoms with Crippen molar-refractivity contribution in [2.45, 2.75) is 64.3 Å². The summed E-state index contributed by atoms with van der Waals surface area (Å²) < 4.78 is 19.9. The maximum absolute atomic E-state index is 14.8. The van der Waals surface area contributed by atoms with Crippen LogP contribution in [-0.4, -0.2) is 70.7 Å². The first-order valence-corrected chi connectivity index (χ1v) is 13.4. The fourth-order valence-corrected chi connectivity index (χ4v) is 5.46. The smallest absolute Gasteiger partial charge is 0.320 e. The molecule has 0 radical (unpaired) electrons. The number of piperidine rings is 1. The van der Waals surface area contributed by atoms with Gasteiger partial charge in [-0.1, -0.05) is 36.0 Å². The first-order chi connectivity index (χ1) is 16.7. The molecule has 1 aromatic carbocycles. The first-order valence-electron chi connectivity index (χ1n) is 12.5. The SMILES string of the molecule is CCOC(=O)CN(C/C=C1/CN(C(C(=O)C2CC2)c2ccccc2F)CCC1SC(C)=O)C(C)C.Cl.Cl. The summed E-state index contributed by atoms with van der Waals surface area (Å²) in [4.78, 5) is 41.4. The lowest BCUT2D eigenvalue weighted by Crippen LogP contribution is -2.44. The third kappa shape index (κ3) is 9.66. The van der Waals surface area contributed by atoms with Gasteiger partial charge in [-0.05, 0) is 51.7 Å². The maximum atomic E-state index is 14.8. The van der Waals surface area contributed by atoms with Gasteiger partial charge in [-0.3, -0.25) is 24.2 Å². The molecular weight excluding hydrogens is 538 g/mol. The van der Waals surface area contributed by atoms with Crippen LogP contribution in [0.4, 0.5) is 4.39 Å². The standard InChI is InChI=1S/C27H37FN2O4S.2ClH/c1-5-34-25(32)17-29(18(2)3)14-12-21-16-30(15-13-24(21)35-19(4)31)26(27(33)20-10-11-20)22-8-6-7-9-23(22)28;;/h6-9,12,18,20,24,26H,5,10-11,13-17H2,1-4H3;2*1H/b21-12-;;. The molecule has 2 fully saturated rings. The topological polar surface area (TPSA) is 66.9 Å². The number of ketones is 1. The maximum Gasteiger partial charge on any atom is 0.320 e. The number of likely N-dealkylation sites (tertiary alicyclic amines) is 1. The van der Waals surface area contributed by atoms with Crippen molar-refractivity contribution < 1.29 is 23.5 Å². The van der Waals surface area contributed by atoms with E-state index < -0.39 is 6.04 Å². The second-order valence-electron chi connectivity index (χ2n) is 9.57. The van der Waals surface area contributed by atoms with Gasteiger partial charge in [0.25, 0.3) is 0 Å². The van der Waals surface area contributed by atoms with E-state index in [9.17, 15) is 18.8 Å². The second kappa shape index (κ2) is 15.8. The number of carbonyl (C=O) groups is 3. The van der Waals surface area contributed by atoms with E-state index in [1.165, 1.54) is 17.8 Å². The van der Waals surface area contributed by atoms with Gasteiger partial charge < -0.3 is 4.74 Å². The van der Waals surface area contributed by atoms with Crippen LogP contribution in [0, 0.1) is 11.7 Å². The minimum absolute atomic E-state index is 0. The van der Waals surface area contributed by atoms with Crippen molar-refractivity contribution in [3.8, 4) is 0 Å². The lowest BCUT2D eigenvalue weighted by Gasteiger charge is -2.39. The molecule has 0 aromatic heterocycles. The third-order valence-electron chi connectivity index (χ3n) is 6.56. The predicted molar refractivity (Wildman–Crippen MR) is 151 cm³/mol. The largest absolute Gasteiger partial charge is 0.465 e. The Balaban J connectivity index is 0.00000342. The molecule has 0 amide bonds. The zero-order valence-electron chi connectivity index (χ0n) is 22.0. The molecule has 1 aliphatic heterocycles. The number of benzene rings is 1. The van der Waals surface area contributed by atoms with Crippen LogP contribution in [0.25, 0.3) is 0 Å². The first kappa shape index (κ1) is 33.6. The molecular formula is C27H39Cl2FN2O4S. The van der Waals surface area contributed by atoms with E-state index >= 15 is 0 Å². The summed E-state index contributed by atoms with van der Waals surface area (Å²) in [5.41, 5.74) is 1.46. The van der Waals surface area contributed by atoms with Crippen molar-refractivity contribution in [3.05, 3.63) is 47.3 Å². The summed E-state index contributed by atoms with van der Waals surface area (Å²) in [6, 6.07) is 6.03. The average molecular weight is 578 g/mol. The Bertz CT molecular complexity index is 958. The van der Waals surface area contributed by atoms with Crippen molar-refractivity contribution in [2.24, 2.45) is 5.92 Å². The highest BCUT2D eigenvalue weighted by atomic mass is 35.5. The normalized spacial score (nSPS) is 19.8. The second-order valence-corrected chi connectivity index (χ2v) is 10.9. The van der Waals surface area contributed by atoms with Gasteiger partial charge in [0.15, 0.2) is 10.9 Å². The quantitative estimate of drug-likeness (QED) is 0.263. The fraction of sp³-hybridized carbons (Fsp3) is 0.593. The molecule has 3 rings (SSSR count). The van der Waals surface area contributed by atoms with Crippen molar-refractivity contribution in [3.63, 3.8) is 0 Å². The number of nitrogens with zero attached hydrogens (tertiary/aromatic N) is 2. The van der Waals surface area contributed by atoms with E-state index in [1.54, 1.807) is 32.0 Å². The molecule has 1 aliphatic carbocycles. The molecule has 2 aliphatic rings. The Labute approximate surface area is 236 Å². The molecule has 0 bridgehead atoms. The van der Waals surface area contributed by atoms with Crippen LogP contribution in [0.1, 0.15) is 58.6 Å². The number of thioether (sulfide) groups is 1. The summed E-state index contributed by atoms with van der Waals surface area (Å²) in [7, 11) is 0. The van der Waals surface area contributed by atoms with Crippen LogP contribution in [0.15, 0.2) is 35.9 Å². The van der Waals surface area contributed by atoms with Crippen LogP contribution >= 0.6 is 36.6 Å². The van der Waals surface area contributed by atoms with Gasteiger partial charge in [0, 0.05) is 49.3 Å². The molecule has 37 heavy (non-hydrogen) atoms. The molecule has 0 spiro atoms. The summed E-state index contributed by atoms with van der Waals surface area (Å²) >= 11 is 1.30. The van der Waals surface area contributed by atoms with E-state index in [0.717, 1.165) is 18.4 Å². The zero-order valence-corrected chi connectivity index (χ0v) is 24.4. The van der Waals surface area contributed by atoms with E-state index in [2.05, 4.69) is 11.0 Å². The van der Waals surface area contributed by atoms with Crippen LogP contribution in [-0.2, 0) is 19.1 Å². The lowest BCUT2D eigenvalue weighted by atomic mass is 9.93. The Morgan fingerprint density at radius 2 is 1.86 bits per heavy atom. The number of rotatable bonds is 11. The molecule has 1 saturated heterocycles. The van der Waals surface area contributed by atoms with Gasteiger partial charge >= 0.3 is 5.97 Å². The van der Waals surface area contributed by atoms with Gasteiger partial charge in [-0.15, -0.1) is 24.8 Å². The molecule has 2 unspecified atom stereocenters. The highest BCUT2D eigenvalue weighted by Gasteiger charge is 2.41. The van der Waals surface area contributed by atoms with Crippen molar-refractivity contribution in [1.82, 2.24) is 9.80 Å². The van der Waals surface area contributed by atoms with Crippen LogP contribution in [0.5, 0.6) is 0 Å². The Morgan fingerprint density at radius 3 is 2.43 bits per heavy atom. The Kier molecular flexibility index (Phi) is 14.4. The number of ether oxygens (including phenoxy) is 1. The van der Waals surface area contributed by atoms with Crippen LogP contribution in [0.3, 0.4) is 0 Å². The zero-order chi connectivity index (χ0) is 25.5. The number of hydrogen-bond donors (Lipinski definition) is 0. The van der Waals surface area contributed by atoms with E-state index in [1.807, 2.05) is 18.7 Å². The summed E-state index contributed by atoms with van der Waals surface area (Å²) in [6.07, 6.45) is 4.49. The predicted octanol–water partition coefficient (Wildman–Crippen LogP) is 5.24. The summed E-state index contributed by atoms with van der Waals surface area (Å²) in [5, 5.41) is 0.0407. The van der Waals surface area contributed by atoms with E-state index in [0.29, 0.717) is 38.2 Å². The summed E-state index contributed by atoms with van der Waals surface area (Å²) in [5.74, 6) is -0.553. The van der Waals surface area contributed by atoms with Gasteiger partial charge in [0.1, 0.15) is 5.82 Å². The molecule has 10 heteroatoms. The van der Waals surface area contributed by atoms with Gasteiger partial charge in [0.2, 0.25) is 0 Å². The van der Waals surface area contributed by atoms with Gasteiger partial charge in [-0.2, -0.15) is 0 Å². The number of hydrogen-bond acceptors (Lipinski definition) is 7. The highest BCUT2D eigenvalue weighted by molar-refractivity contribution is 8.14.